The zero-order valence-electron chi connectivity index (χ0n) is 20.8. The number of nitrogens with zero attached hydrogens (tertiary/aromatic N) is 1. The summed E-state index contributed by atoms with van der Waals surface area (Å²) in [5.74, 6) is 0.965. The normalized spacial score (nSPS) is 13.8. The predicted octanol–water partition coefficient (Wildman–Crippen LogP) is 6.54. The Kier molecular flexibility index (Phi) is 7.85. The number of anilines is 1. The number of carbonyl (C=O) groups excluding carboxylic acids is 2. The third-order valence-corrected chi connectivity index (χ3v) is 6.70. The molecule has 1 aliphatic rings. The Morgan fingerprint density at radius 2 is 1.69 bits per heavy atom. The molecule has 0 aliphatic carbocycles. The molecule has 1 aliphatic heterocycles. The van der Waals surface area contributed by atoms with Gasteiger partial charge < -0.3 is 19.7 Å². The van der Waals surface area contributed by atoms with E-state index in [-0.39, 0.29) is 25.2 Å². The van der Waals surface area contributed by atoms with Gasteiger partial charge in [0.1, 0.15) is 5.54 Å². The molecule has 188 valence electrons. The van der Waals surface area contributed by atoms with Crippen LogP contribution in [0.3, 0.4) is 0 Å². The Morgan fingerprint density at radius 3 is 2.39 bits per heavy atom. The van der Waals surface area contributed by atoms with Crippen LogP contribution in [0, 0.1) is 5.92 Å². The van der Waals surface area contributed by atoms with Crippen molar-refractivity contribution in [2.45, 2.75) is 45.7 Å². The van der Waals surface area contributed by atoms with Crippen LogP contribution in [0.5, 0.6) is 11.5 Å². The maximum atomic E-state index is 14.1. The third-order valence-electron chi connectivity index (χ3n) is 6.44. The number of hydrogen-bond donors (Lipinski definition) is 1. The van der Waals surface area contributed by atoms with E-state index in [4.69, 9.17) is 21.1 Å². The van der Waals surface area contributed by atoms with Crippen molar-refractivity contribution < 1.29 is 19.1 Å². The number of rotatable bonds is 9. The molecular weight excluding hydrogens is 476 g/mol. The highest BCUT2D eigenvalue weighted by atomic mass is 35.5. The van der Waals surface area contributed by atoms with Gasteiger partial charge in [-0.25, -0.2) is 0 Å². The summed E-state index contributed by atoms with van der Waals surface area (Å²) in [5.41, 5.74) is 0.848. The molecule has 36 heavy (non-hydrogen) atoms. The number of nitrogens with one attached hydrogen (secondary N) is 1. The largest absolute Gasteiger partial charge is 0.454 e. The average molecular weight is 507 g/mol. The zero-order valence-corrected chi connectivity index (χ0v) is 21.5. The molecule has 4 rings (SSSR count). The summed E-state index contributed by atoms with van der Waals surface area (Å²) >= 11 is 6.11. The molecule has 0 radical (unpaired) electrons. The van der Waals surface area contributed by atoms with Crippen molar-refractivity contribution in [3.05, 3.63) is 88.9 Å². The van der Waals surface area contributed by atoms with Gasteiger partial charge in [-0.3, -0.25) is 9.59 Å². The van der Waals surface area contributed by atoms with Gasteiger partial charge in [-0.15, -0.1) is 0 Å². The van der Waals surface area contributed by atoms with Crippen LogP contribution in [0.1, 0.15) is 49.5 Å². The van der Waals surface area contributed by atoms with E-state index in [1.54, 1.807) is 35.2 Å². The van der Waals surface area contributed by atoms with Gasteiger partial charge in [-0.2, -0.15) is 0 Å². The van der Waals surface area contributed by atoms with Gasteiger partial charge in [-0.1, -0.05) is 55.8 Å². The lowest BCUT2D eigenvalue weighted by Gasteiger charge is -2.41. The summed E-state index contributed by atoms with van der Waals surface area (Å²) in [6.45, 7) is 6.42. The van der Waals surface area contributed by atoms with Gasteiger partial charge >= 0.3 is 0 Å². The summed E-state index contributed by atoms with van der Waals surface area (Å²) in [4.78, 5) is 29.6. The van der Waals surface area contributed by atoms with Crippen LogP contribution in [0.25, 0.3) is 0 Å². The van der Waals surface area contributed by atoms with E-state index in [1.807, 2.05) is 49.4 Å². The summed E-state index contributed by atoms with van der Waals surface area (Å²) in [6.07, 6.45) is 1.26. The van der Waals surface area contributed by atoms with Crippen molar-refractivity contribution >= 4 is 29.1 Å². The fourth-order valence-corrected chi connectivity index (χ4v) is 4.28. The van der Waals surface area contributed by atoms with Crippen molar-refractivity contribution in [1.82, 2.24) is 4.90 Å². The van der Waals surface area contributed by atoms with Crippen molar-refractivity contribution in [2.75, 3.05) is 12.1 Å². The Labute approximate surface area is 217 Å². The molecule has 0 saturated carbocycles. The number of fused-ring (bicyclic) bond motifs is 1. The lowest BCUT2D eigenvalue weighted by atomic mass is 9.87. The second kappa shape index (κ2) is 11.0. The molecule has 7 heteroatoms. The fourth-order valence-electron chi connectivity index (χ4n) is 4.16. The van der Waals surface area contributed by atoms with Crippen LogP contribution < -0.4 is 14.8 Å². The Bertz CT molecular complexity index is 1210. The fraction of sp³-hybridized carbons (Fsp3) is 0.310. The third kappa shape index (κ3) is 5.82. The van der Waals surface area contributed by atoms with Crippen LogP contribution in [0.15, 0.2) is 72.8 Å². The Balaban J connectivity index is 1.74. The Hall–Kier alpha value is -3.51. The minimum atomic E-state index is -1.13. The highest BCUT2D eigenvalue weighted by molar-refractivity contribution is 6.30. The van der Waals surface area contributed by atoms with Crippen molar-refractivity contribution in [1.29, 1.82) is 0 Å². The number of benzene rings is 3. The smallest absolute Gasteiger partial charge is 0.255 e. The summed E-state index contributed by atoms with van der Waals surface area (Å²) in [5, 5.41) is 3.64. The second-order valence-electron chi connectivity index (χ2n) is 9.61. The lowest BCUT2D eigenvalue weighted by Crippen LogP contribution is -2.57. The number of carbonyl (C=O) groups is 2. The second-order valence-corrected chi connectivity index (χ2v) is 10.0. The van der Waals surface area contributed by atoms with E-state index in [9.17, 15) is 9.59 Å². The molecule has 1 atom stereocenters. The lowest BCUT2D eigenvalue weighted by molar-refractivity contribution is -0.126. The maximum Gasteiger partial charge on any atom is 0.255 e. The first kappa shape index (κ1) is 25.6. The topological polar surface area (TPSA) is 67.9 Å². The minimum absolute atomic E-state index is 0.118. The monoisotopic (exact) mass is 506 g/mol. The number of hydrogen-bond acceptors (Lipinski definition) is 4. The number of ether oxygens (including phenoxy) is 2. The standard InChI is InChI=1S/C29H31ClN2O4/c1-20(2)15-16-29(3,28(34)31-24-7-5-4-6-8-24)32(18-21-9-12-23(30)13-10-21)27(33)22-11-14-25-26(17-22)36-19-35-25/h4-14,17,20H,15-16,18-19H2,1-3H3,(H,31,34)/t29-/m0/s1. The van der Waals surface area contributed by atoms with Crippen LogP contribution in [-0.2, 0) is 11.3 Å². The average Bonchev–Trinajstić information content (AvgIpc) is 3.35. The van der Waals surface area contributed by atoms with Crippen molar-refractivity contribution in [3.8, 4) is 11.5 Å². The molecule has 0 saturated heterocycles. The molecule has 2 amide bonds. The van der Waals surface area contributed by atoms with Crippen molar-refractivity contribution in [2.24, 2.45) is 5.92 Å². The highest BCUT2D eigenvalue weighted by Crippen LogP contribution is 2.35. The first-order chi connectivity index (χ1) is 17.3. The van der Waals surface area contributed by atoms with Crippen LogP contribution >= 0.6 is 11.6 Å². The maximum absolute atomic E-state index is 14.1. The first-order valence-corrected chi connectivity index (χ1v) is 12.5. The molecule has 0 fully saturated rings. The molecule has 1 N–H and O–H groups in total. The van der Waals surface area contributed by atoms with Crippen LogP contribution in [-0.4, -0.2) is 29.0 Å². The van der Waals surface area contributed by atoms with Gasteiger partial charge in [0.25, 0.3) is 5.91 Å². The molecule has 0 spiro atoms. The van der Waals surface area contributed by atoms with Crippen LogP contribution in [0.4, 0.5) is 5.69 Å². The van der Waals surface area contributed by atoms with E-state index in [1.165, 1.54) is 0 Å². The van der Waals surface area contributed by atoms with E-state index in [0.29, 0.717) is 40.1 Å². The molecule has 0 bridgehead atoms. The first-order valence-electron chi connectivity index (χ1n) is 12.1. The van der Waals surface area contributed by atoms with Crippen molar-refractivity contribution in [3.63, 3.8) is 0 Å². The van der Waals surface area contributed by atoms with E-state index < -0.39 is 5.54 Å². The van der Waals surface area contributed by atoms with Crippen LogP contribution in [0.2, 0.25) is 5.02 Å². The quantitative estimate of drug-likeness (QED) is 0.357. The number of amides is 2. The van der Waals surface area contributed by atoms with Gasteiger partial charge in [-0.05, 0) is 73.7 Å². The SMILES string of the molecule is CC(C)CC[C@@](C)(C(=O)Nc1ccccc1)N(Cc1ccc(Cl)cc1)C(=O)c1ccc2c(c1)OCO2. The van der Waals surface area contributed by atoms with Gasteiger partial charge in [0.15, 0.2) is 11.5 Å². The van der Waals surface area contributed by atoms with Gasteiger partial charge in [0.05, 0.1) is 0 Å². The molecule has 0 aromatic heterocycles. The van der Waals surface area contributed by atoms with Gasteiger partial charge in [0.2, 0.25) is 12.7 Å². The Morgan fingerprint density at radius 1 is 1.00 bits per heavy atom. The van der Waals surface area contributed by atoms with Gasteiger partial charge in [0, 0.05) is 22.8 Å². The summed E-state index contributed by atoms with van der Waals surface area (Å²) < 4.78 is 10.9. The minimum Gasteiger partial charge on any atom is -0.454 e. The van der Waals surface area contributed by atoms with E-state index in [2.05, 4.69) is 19.2 Å². The number of para-hydroxylation sites is 1. The predicted molar refractivity (Wildman–Crippen MR) is 141 cm³/mol. The molecule has 6 nitrogen and oxygen atoms in total. The highest BCUT2D eigenvalue weighted by Gasteiger charge is 2.42. The van der Waals surface area contributed by atoms with E-state index >= 15 is 0 Å². The molecule has 3 aromatic rings. The molecule has 1 heterocycles. The van der Waals surface area contributed by atoms with E-state index in [0.717, 1.165) is 12.0 Å². The summed E-state index contributed by atoms with van der Waals surface area (Å²) in [7, 11) is 0. The molecule has 0 unspecified atom stereocenters. The summed E-state index contributed by atoms with van der Waals surface area (Å²) in [6, 6.07) is 21.7. The number of halogens is 1. The zero-order chi connectivity index (χ0) is 25.7. The molecular formula is C29H31ClN2O4. The molecule has 3 aromatic carbocycles.